The van der Waals surface area contributed by atoms with Crippen molar-refractivity contribution in [2.75, 3.05) is 14.1 Å². The Morgan fingerprint density at radius 3 is 2.67 bits per heavy atom. The fraction of sp³-hybridized carbons (Fsp3) is 0.889. The number of carbonyl (C=O) groups excluding carboxylic acids is 1. The molecule has 1 saturated heterocycles. The van der Waals surface area contributed by atoms with Crippen LogP contribution in [0, 0.1) is 5.92 Å². The van der Waals surface area contributed by atoms with Crippen molar-refractivity contribution >= 4 is 5.91 Å². The number of fused-ring (bicyclic) bond motifs is 1. The third-order valence-corrected chi connectivity index (χ3v) is 2.79. The second-order valence-electron chi connectivity index (χ2n) is 3.96. The lowest BCUT2D eigenvalue weighted by molar-refractivity contribution is -0.133. The molecule has 1 heterocycles. The molecule has 3 atom stereocenters. The molecule has 12 heavy (non-hydrogen) atoms. The first-order valence-corrected chi connectivity index (χ1v) is 4.55. The maximum atomic E-state index is 11.5. The number of amides is 1. The van der Waals surface area contributed by atoms with Gasteiger partial charge in [-0.2, -0.15) is 0 Å². The summed E-state index contributed by atoms with van der Waals surface area (Å²) < 4.78 is 5.37. The molecule has 2 aliphatic rings. The Hall–Kier alpha value is -0.570. The average molecular weight is 169 g/mol. The second kappa shape index (κ2) is 2.73. The van der Waals surface area contributed by atoms with Crippen molar-refractivity contribution < 1.29 is 9.53 Å². The molecule has 1 aliphatic carbocycles. The standard InChI is InChI=1S/C9H15NO2/c1-10(2)9(11)6-3-4-7-8(5-6)12-7/h6-8H,3-5H2,1-2H3/t6-,7+,8?/m0/s1. The zero-order valence-corrected chi connectivity index (χ0v) is 7.62. The Morgan fingerprint density at radius 1 is 1.33 bits per heavy atom. The lowest BCUT2D eigenvalue weighted by atomic mass is 9.88. The molecule has 0 bridgehead atoms. The van der Waals surface area contributed by atoms with E-state index >= 15 is 0 Å². The summed E-state index contributed by atoms with van der Waals surface area (Å²) in [4.78, 5) is 13.2. The molecule has 1 saturated carbocycles. The Morgan fingerprint density at radius 2 is 2.08 bits per heavy atom. The van der Waals surface area contributed by atoms with Gasteiger partial charge in [0.05, 0.1) is 12.2 Å². The van der Waals surface area contributed by atoms with E-state index in [9.17, 15) is 4.79 Å². The van der Waals surface area contributed by atoms with E-state index in [0.717, 1.165) is 19.3 Å². The van der Waals surface area contributed by atoms with Crippen LogP contribution in [0.3, 0.4) is 0 Å². The highest BCUT2D eigenvalue weighted by molar-refractivity contribution is 5.78. The zero-order valence-electron chi connectivity index (χ0n) is 7.62. The van der Waals surface area contributed by atoms with Gasteiger partial charge in [-0.1, -0.05) is 0 Å². The van der Waals surface area contributed by atoms with Crippen LogP contribution in [-0.4, -0.2) is 37.1 Å². The molecule has 0 aromatic carbocycles. The number of epoxide rings is 1. The van der Waals surface area contributed by atoms with E-state index in [0.29, 0.717) is 12.2 Å². The molecule has 0 aromatic heterocycles. The van der Waals surface area contributed by atoms with Crippen LogP contribution in [0.25, 0.3) is 0 Å². The van der Waals surface area contributed by atoms with E-state index in [1.54, 1.807) is 4.90 Å². The molecule has 2 rings (SSSR count). The van der Waals surface area contributed by atoms with Crippen molar-refractivity contribution in [1.82, 2.24) is 4.90 Å². The van der Waals surface area contributed by atoms with Gasteiger partial charge >= 0.3 is 0 Å². The van der Waals surface area contributed by atoms with Gasteiger partial charge in [-0.3, -0.25) is 4.79 Å². The average Bonchev–Trinajstić information content (AvgIpc) is 2.79. The summed E-state index contributed by atoms with van der Waals surface area (Å²) in [5.74, 6) is 0.493. The van der Waals surface area contributed by atoms with Crippen molar-refractivity contribution in [1.29, 1.82) is 0 Å². The van der Waals surface area contributed by atoms with Gasteiger partial charge in [0.2, 0.25) is 5.91 Å². The minimum Gasteiger partial charge on any atom is -0.370 e. The van der Waals surface area contributed by atoms with Gasteiger partial charge in [0.1, 0.15) is 0 Å². The highest BCUT2D eigenvalue weighted by Crippen LogP contribution is 2.39. The van der Waals surface area contributed by atoms with E-state index in [4.69, 9.17) is 4.74 Å². The maximum absolute atomic E-state index is 11.5. The molecule has 1 unspecified atom stereocenters. The number of nitrogens with zero attached hydrogens (tertiary/aromatic N) is 1. The number of carbonyl (C=O) groups is 1. The summed E-state index contributed by atoms with van der Waals surface area (Å²) in [5.41, 5.74) is 0. The molecule has 0 N–H and O–H groups in total. The van der Waals surface area contributed by atoms with E-state index in [2.05, 4.69) is 0 Å². The molecule has 0 aromatic rings. The quantitative estimate of drug-likeness (QED) is 0.540. The number of hydrogen-bond donors (Lipinski definition) is 0. The van der Waals surface area contributed by atoms with Crippen molar-refractivity contribution in [3.63, 3.8) is 0 Å². The largest absolute Gasteiger partial charge is 0.370 e. The topological polar surface area (TPSA) is 32.8 Å². The molecular formula is C9H15NO2. The van der Waals surface area contributed by atoms with Gasteiger partial charge in [0, 0.05) is 20.0 Å². The third kappa shape index (κ3) is 1.33. The Labute approximate surface area is 72.7 Å². The summed E-state index contributed by atoms with van der Waals surface area (Å²) in [6, 6.07) is 0. The Balaban J connectivity index is 1.91. The molecule has 68 valence electrons. The molecule has 3 nitrogen and oxygen atoms in total. The summed E-state index contributed by atoms with van der Waals surface area (Å²) in [5, 5.41) is 0. The number of rotatable bonds is 1. The maximum Gasteiger partial charge on any atom is 0.225 e. The van der Waals surface area contributed by atoms with Gasteiger partial charge in [-0.15, -0.1) is 0 Å². The zero-order chi connectivity index (χ0) is 8.72. The van der Waals surface area contributed by atoms with Crippen LogP contribution in [-0.2, 0) is 9.53 Å². The highest BCUT2D eigenvalue weighted by Gasteiger charge is 2.45. The monoisotopic (exact) mass is 169 g/mol. The fourth-order valence-electron chi connectivity index (χ4n) is 1.99. The second-order valence-corrected chi connectivity index (χ2v) is 3.96. The smallest absolute Gasteiger partial charge is 0.225 e. The SMILES string of the molecule is CN(C)C(=O)[C@H]1CC[C@H]2OC2C1. The normalized spacial score (nSPS) is 38.7. The predicted octanol–water partition coefficient (Wildman–Crippen LogP) is 0.642. The Kier molecular flexibility index (Phi) is 1.83. The number of hydrogen-bond acceptors (Lipinski definition) is 2. The summed E-state index contributed by atoms with van der Waals surface area (Å²) in [6.07, 6.45) is 3.94. The fourth-order valence-corrected chi connectivity index (χ4v) is 1.99. The van der Waals surface area contributed by atoms with Gasteiger partial charge in [0.15, 0.2) is 0 Å². The van der Waals surface area contributed by atoms with Crippen molar-refractivity contribution in [3.05, 3.63) is 0 Å². The van der Waals surface area contributed by atoms with E-state index in [1.807, 2.05) is 14.1 Å². The van der Waals surface area contributed by atoms with Gasteiger partial charge in [0.25, 0.3) is 0 Å². The van der Waals surface area contributed by atoms with Gasteiger partial charge < -0.3 is 9.64 Å². The van der Waals surface area contributed by atoms with Crippen LogP contribution < -0.4 is 0 Å². The van der Waals surface area contributed by atoms with Crippen molar-refractivity contribution in [2.45, 2.75) is 31.5 Å². The minimum atomic E-state index is 0.226. The minimum absolute atomic E-state index is 0.226. The Bertz CT molecular complexity index is 203. The summed E-state index contributed by atoms with van der Waals surface area (Å²) in [7, 11) is 3.64. The van der Waals surface area contributed by atoms with Crippen molar-refractivity contribution in [3.8, 4) is 0 Å². The van der Waals surface area contributed by atoms with Crippen LogP contribution in [0.5, 0.6) is 0 Å². The van der Waals surface area contributed by atoms with Gasteiger partial charge in [-0.25, -0.2) is 0 Å². The molecular weight excluding hydrogens is 154 g/mol. The molecule has 1 aliphatic heterocycles. The van der Waals surface area contributed by atoms with E-state index in [-0.39, 0.29) is 11.8 Å². The lowest BCUT2D eigenvalue weighted by Crippen LogP contribution is -2.32. The highest BCUT2D eigenvalue weighted by atomic mass is 16.6. The number of ether oxygens (including phenoxy) is 1. The lowest BCUT2D eigenvalue weighted by Gasteiger charge is -2.21. The molecule has 2 fully saturated rings. The van der Waals surface area contributed by atoms with Crippen LogP contribution in [0.1, 0.15) is 19.3 Å². The predicted molar refractivity (Wildman–Crippen MR) is 44.7 cm³/mol. The molecule has 0 radical (unpaired) electrons. The summed E-state index contributed by atoms with van der Waals surface area (Å²) >= 11 is 0. The first-order valence-electron chi connectivity index (χ1n) is 4.55. The molecule has 0 spiro atoms. The van der Waals surface area contributed by atoms with Crippen LogP contribution in [0.15, 0.2) is 0 Å². The van der Waals surface area contributed by atoms with Crippen LogP contribution >= 0.6 is 0 Å². The molecule has 1 amide bonds. The first-order chi connectivity index (χ1) is 5.68. The van der Waals surface area contributed by atoms with Gasteiger partial charge in [-0.05, 0) is 19.3 Å². The van der Waals surface area contributed by atoms with E-state index < -0.39 is 0 Å². The van der Waals surface area contributed by atoms with E-state index in [1.165, 1.54) is 0 Å². The van der Waals surface area contributed by atoms with Crippen molar-refractivity contribution in [2.24, 2.45) is 5.92 Å². The van der Waals surface area contributed by atoms with Crippen LogP contribution in [0.2, 0.25) is 0 Å². The summed E-state index contributed by atoms with van der Waals surface area (Å²) in [6.45, 7) is 0. The third-order valence-electron chi connectivity index (χ3n) is 2.79. The van der Waals surface area contributed by atoms with Crippen LogP contribution in [0.4, 0.5) is 0 Å². The molecule has 3 heteroatoms. The first kappa shape index (κ1) is 8.05.